The van der Waals surface area contributed by atoms with E-state index in [2.05, 4.69) is 20.4 Å². The van der Waals surface area contributed by atoms with Crippen molar-refractivity contribution in [1.82, 2.24) is 25.1 Å². The van der Waals surface area contributed by atoms with Crippen molar-refractivity contribution in [2.45, 2.75) is 12.1 Å². The summed E-state index contributed by atoms with van der Waals surface area (Å²) in [6.45, 7) is -0.527. The van der Waals surface area contributed by atoms with Crippen LogP contribution in [0.2, 0.25) is 0 Å². The Bertz CT molecular complexity index is 964. The van der Waals surface area contributed by atoms with E-state index in [4.69, 9.17) is 0 Å². The van der Waals surface area contributed by atoms with Crippen molar-refractivity contribution >= 4 is 12.0 Å². The molecule has 2 aromatic heterocycles. The summed E-state index contributed by atoms with van der Waals surface area (Å²) >= 11 is 0. The molecule has 2 N–H and O–H groups in total. The molecule has 0 aliphatic carbocycles. The number of hydrogen-bond acceptors (Lipinski definition) is 5. The van der Waals surface area contributed by atoms with Crippen molar-refractivity contribution in [2.24, 2.45) is 0 Å². The molecule has 0 saturated heterocycles. The fraction of sp³-hybridized carbons (Fsp3) is 0.158. The topological polar surface area (TPSA) is 92.9 Å². The van der Waals surface area contributed by atoms with E-state index in [1.54, 1.807) is 24.4 Å². The normalized spacial score (nSPS) is 13.4. The van der Waals surface area contributed by atoms with Crippen molar-refractivity contribution in [3.05, 3.63) is 84.2 Å². The van der Waals surface area contributed by atoms with Crippen LogP contribution in [-0.4, -0.2) is 37.3 Å². The smallest absolute Gasteiger partial charge is 0.244 e. The predicted molar refractivity (Wildman–Crippen MR) is 96.6 cm³/mol. The van der Waals surface area contributed by atoms with Gasteiger partial charge in [0.05, 0.1) is 18.8 Å². The maximum Gasteiger partial charge on any atom is 0.244 e. The lowest BCUT2D eigenvalue weighted by Gasteiger charge is -2.29. The third-order valence-electron chi connectivity index (χ3n) is 3.97. The van der Waals surface area contributed by atoms with E-state index in [0.717, 1.165) is 12.1 Å². The van der Waals surface area contributed by atoms with Gasteiger partial charge in [-0.2, -0.15) is 5.10 Å². The minimum Gasteiger partial charge on any atom is -0.381 e. The van der Waals surface area contributed by atoms with Crippen LogP contribution in [-0.2, 0) is 16.9 Å². The van der Waals surface area contributed by atoms with Gasteiger partial charge in [0.1, 0.15) is 29.9 Å². The number of hydrogen-bond donors (Lipinski definition) is 2. The third kappa shape index (κ3) is 4.83. The molecular weight excluding hydrogens is 368 g/mol. The first-order chi connectivity index (χ1) is 13.5. The lowest BCUT2D eigenvalue weighted by atomic mass is 9.92. The van der Waals surface area contributed by atoms with E-state index in [1.165, 1.54) is 29.5 Å². The zero-order valence-corrected chi connectivity index (χ0v) is 14.7. The molecule has 1 unspecified atom stereocenters. The van der Waals surface area contributed by atoms with E-state index in [0.29, 0.717) is 11.8 Å². The van der Waals surface area contributed by atoms with Gasteiger partial charge in [-0.1, -0.05) is 12.1 Å². The van der Waals surface area contributed by atoms with E-state index < -0.39 is 23.1 Å². The molecule has 7 nitrogen and oxygen atoms in total. The molecule has 0 bridgehead atoms. The van der Waals surface area contributed by atoms with Gasteiger partial charge in [0.2, 0.25) is 5.91 Å². The quantitative estimate of drug-likeness (QED) is 0.604. The zero-order chi connectivity index (χ0) is 20.0. The minimum atomic E-state index is -1.88. The lowest BCUT2D eigenvalue weighted by molar-refractivity contribution is -0.118. The lowest BCUT2D eigenvalue weighted by Crippen LogP contribution is -2.44. The molecule has 3 aromatic rings. The SMILES string of the molecule is O=C(C=Cc1ccccn1)NCC(O)(Cn1cncn1)c1ccc(F)cc1F. The number of nitrogens with one attached hydrogen (secondary N) is 1. The highest BCUT2D eigenvalue weighted by molar-refractivity contribution is 5.91. The molecule has 0 aliphatic heterocycles. The van der Waals surface area contributed by atoms with Crippen molar-refractivity contribution in [3.63, 3.8) is 0 Å². The number of aliphatic hydroxyl groups is 1. The number of aromatic nitrogens is 4. The second-order valence-corrected chi connectivity index (χ2v) is 6.05. The molecule has 0 spiro atoms. The standard InChI is InChI=1S/C19H17F2N5O2/c20-14-4-6-16(17(21)9-14)19(28,11-26-13-22-12-25-26)10-24-18(27)7-5-15-3-1-2-8-23-15/h1-9,12-13,28H,10-11H2,(H,24,27). The summed E-state index contributed by atoms with van der Waals surface area (Å²) in [5.74, 6) is -2.21. The Balaban J connectivity index is 1.77. The Morgan fingerprint density at radius 1 is 1.29 bits per heavy atom. The Kier molecular flexibility index (Phi) is 5.85. The molecule has 0 fully saturated rings. The Morgan fingerprint density at radius 3 is 2.82 bits per heavy atom. The average molecular weight is 385 g/mol. The number of benzene rings is 1. The number of carbonyl (C=O) groups excluding carboxylic acids is 1. The first-order valence-corrected chi connectivity index (χ1v) is 8.33. The highest BCUT2D eigenvalue weighted by Crippen LogP contribution is 2.26. The Morgan fingerprint density at radius 2 is 2.14 bits per heavy atom. The van der Waals surface area contributed by atoms with Crippen LogP contribution in [0.25, 0.3) is 6.08 Å². The van der Waals surface area contributed by atoms with Crippen LogP contribution in [0.5, 0.6) is 0 Å². The van der Waals surface area contributed by atoms with Gasteiger partial charge in [-0.05, 0) is 24.3 Å². The monoisotopic (exact) mass is 385 g/mol. The zero-order valence-electron chi connectivity index (χ0n) is 14.7. The maximum atomic E-state index is 14.3. The third-order valence-corrected chi connectivity index (χ3v) is 3.97. The second kappa shape index (κ2) is 8.49. The molecule has 1 atom stereocenters. The number of rotatable bonds is 7. The molecule has 1 aromatic carbocycles. The first kappa shape index (κ1) is 19.3. The molecule has 28 heavy (non-hydrogen) atoms. The van der Waals surface area contributed by atoms with Crippen LogP contribution in [0, 0.1) is 11.6 Å². The summed E-state index contributed by atoms with van der Waals surface area (Å²) in [5, 5.41) is 17.5. The molecule has 0 aliphatic rings. The van der Waals surface area contributed by atoms with Crippen LogP contribution >= 0.6 is 0 Å². The van der Waals surface area contributed by atoms with Gasteiger partial charge in [-0.15, -0.1) is 0 Å². The summed E-state index contributed by atoms with van der Waals surface area (Å²) in [7, 11) is 0. The summed E-state index contributed by atoms with van der Waals surface area (Å²) in [5.41, 5.74) is -1.46. The highest BCUT2D eigenvalue weighted by Gasteiger charge is 2.33. The van der Waals surface area contributed by atoms with E-state index in [-0.39, 0.29) is 18.7 Å². The van der Waals surface area contributed by atoms with Crippen LogP contribution in [0.1, 0.15) is 11.3 Å². The van der Waals surface area contributed by atoms with Crippen molar-refractivity contribution < 1.29 is 18.7 Å². The number of amides is 1. The molecule has 2 heterocycles. The summed E-state index contributed by atoms with van der Waals surface area (Å²) in [4.78, 5) is 19.9. The van der Waals surface area contributed by atoms with Crippen molar-refractivity contribution in [3.8, 4) is 0 Å². The molecule has 144 valence electrons. The maximum absolute atomic E-state index is 14.3. The number of halogens is 2. The largest absolute Gasteiger partial charge is 0.381 e. The van der Waals surface area contributed by atoms with Gasteiger partial charge in [0.25, 0.3) is 0 Å². The predicted octanol–water partition coefficient (Wildman–Crippen LogP) is 1.67. The van der Waals surface area contributed by atoms with Gasteiger partial charge >= 0.3 is 0 Å². The number of pyridine rings is 1. The number of nitrogens with zero attached hydrogens (tertiary/aromatic N) is 4. The van der Waals surface area contributed by atoms with Crippen molar-refractivity contribution in [1.29, 1.82) is 0 Å². The second-order valence-electron chi connectivity index (χ2n) is 6.05. The molecule has 1 amide bonds. The molecule has 0 saturated carbocycles. The van der Waals surface area contributed by atoms with Crippen LogP contribution in [0.15, 0.2) is 61.3 Å². The molecule has 3 rings (SSSR count). The van der Waals surface area contributed by atoms with E-state index in [1.807, 2.05) is 0 Å². The first-order valence-electron chi connectivity index (χ1n) is 8.33. The summed E-state index contributed by atoms with van der Waals surface area (Å²) < 4.78 is 28.8. The molecule has 9 heteroatoms. The van der Waals surface area contributed by atoms with Gasteiger partial charge < -0.3 is 10.4 Å². The summed E-state index contributed by atoms with van der Waals surface area (Å²) in [6.07, 6.45) is 6.94. The molecular formula is C19H17F2N5O2. The van der Waals surface area contributed by atoms with Crippen LogP contribution in [0.4, 0.5) is 8.78 Å². The van der Waals surface area contributed by atoms with E-state index >= 15 is 0 Å². The summed E-state index contributed by atoms with van der Waals surface area (Å²) in [6, 6.07) is 8.09. The average Bonchev–Trinajstić information content (AvgIpc) is 3.18. The minimum absolute atomic E-state index is 0.168. The number of carbonyl (C=O) groups is 1. The van der Waals surface area contributed by atoms with E-state index in [9.17, 15) is 18.7 Å². The Labute approximate surface area is 159 Å². The van der Waals surface area contributed by atoms with Gasteiger partial charge in [-0.25, -0.2) is 18.4 Å². The Hall–Kier alpha value is -3.46. The van der Waals surface area contributed by atoms with Crippen molar-refractivity contribution in [2.75, 3.05) is 6.54 Å². The molecule has 0 radical (unpaired) electrons. The van der Waals surface area contributed by atoms with Gasteiger partial charge in [-0.3, -0.25) is 9.78 Å². The van der Waals surface area contributed by atoms with Crippen LogP contribution in [0.3, 0.4) is 0 Å². The fourth-order valence-corrected chi connectivity index (χ4v) is 2.61. The highest BCUT2D eigenvalue weighted by atomic mass is 19.1. The van der Waals surface area contributed by atoms with Crippen LogP contribution < -0.4 is 5.32 Å². The van der Waals surface area contributed by atoms with Gasteiger partial charge in [0.15, 0.2) is 0 Å². The fourth-order valence-electron chi connectivity index (χ4n) is 2.61. The van der Waals surface area contributed by atoms with Gasteiger partial charge in [0, 0.05) is 23.9 Å².